The van der Waals surface area contributed by atoms with Gasteiger partial charge in [0, 0.05) is 16.8 Å². The molecule has 0 aliphatic rings. The molecule has 0 spiro atoms. The Hall–Kier alpha value is -1.42. The maximum atomic E-state index is 9.99. The number of nitrogens with two attached hydrogens (primary N) is 1. The number of anilines is 1. The van der Waals surface area contributed by atoms with E-state index in [9.17, 15) is 5.11 Å². The van der Waals surface area contributed by atoms with Crippen molar-refractivity contribution in [3.05, 3.63) is 58.1 Å². The van der Waals surface area contributed by atoms with Gasteiger partial charge < -0.3 is 15.6 Å². The van der Waals surface area contributed by atoms with Gasteiger partial charge in [-0.2, -0.15) is 0 Å². The van der Waals surface area contributed by atoms with Crippen molar-refractivity contribution in [1.82, 2.24) is 0 Å². The molecule has 1 unspecified atom stereocenters. The van der Waals surface area contributed by atoms with Gasteiger partial charge >= 0.3 is 0 Å². The molecule has 0 aromatic heterocycles. The van der Waals surface area contributed by atoms with Crippen LogP contribution >= 0.6 is 23.2 Å². The molecule has 5 heteroatoms. The van der Waals surface area contributed by atoms with Crippen LogP contribution in [0.3, 0.4) is 0 Å². The van der Waals surface area contributed by atoms with Crippen molar-refractivity contribution < 1.29 is 9.84 Å². The topological polar surface area (TPSA) is 55.5 Å². The summed E-state index contributed by atoms with van der Waals surface area (Å²) in [6.07, 6.45) is -0.754. The van der Waals surface area contributed by atoms with Crippen LogP contribution in [0, 0.1) is 0 Å². The molecule has 2 aromatic rings. The van der Waals surface area contributed by atoms with E-state index in [2.05, 4.69) is 0 Å². The third-order valence-corrected chi connectivity index (χ3v) is 3.16. The molecule has 0 saturated carbocycles. The molecule has 0 bridgehead atoms. The summed E-state index contributed by atoms with van der Waals surface area (Å²) in [6.45, 7) is 0.0873. The lowest BCUT2D eigenvalue weighted by Gasteiger charge is -2.14. The van der Waals surface area contributed by atoms with E-state index in [1.165, 1.54) is 0 Å². The van der Waals surface area contributed by atoms with E-state index in [0.717, 1.165) is 5.56 Å². The predicted octanol–water partition coefficient (Wildman–Crippen LogP) is 3.69. The first-order chi connectivity index (χ1) is 9.06. The van der Waals surface area contributed by atoms with Crippen molar-refractivity contribution in [2.75, 3.05) is 12.3 Å². The molecule has 0 aliphatic carbocycles. The van der Waals surface area contributed by atoms with Crippen molar-refractivity contribution in [2.24, 2.45) is 0 Å². The van der Waals surface area contributed by atoms with Gasteiger partial charge in [0.25, 0.3) is 0 Å². The van der Waals surface area contributed by atoms with Crippen molar-refractivity contribution >= 4 is 28.9 Å². The lowest BCUT2D eigenvalue weighted by Crippen LogP contribution is -2.09. The molecule has 0 aliphatic heterocycles. The average Bonchev–Trinajstić information content (AvgIpc) is 2.40. The summed E-state index contributed by atoms with van der Waals surface area (Å²) in [5.74, 6) is 0.448. The SMILES string of the molecule is Nc1ccc(C(O)COc2cc(Cl)ccc2Cl)cc1. The Morgan fingerprint density at radius 1 is 1.11 bits per heavy atom. The summed E-state index contributed by atoms with van der Waals surface area (Å²) in [4.78, 5) is 0. The van der Waals surface area contributed by atoms with Gasteiger partial charge in [0.1, 0.15) is 18.5 Å². The summed E-state index contributed by atoms with van der Waals surface area (Å²) in [5.41, 5.74) is 6.96. The number of hydrogen-bond donors (Lipinski definition) is 2. The highest BCUT2D eigenvalue weighted by Gasteiger charge is 2.10. The molecule has 3 N–H and O–H groups in total. The van der Waals surface area contributed by atoms with Gasteiger partial charge in [-0.3, -0.25) is 0 Å². The summed E-state index contributed by atoms with van der Waals surface area (Å²) in [5, 5.41) is 11.0. The van der Waals surface area contributed by atoms with Crippen LogP contribution in [0.2, 0.25) is 10.0 Å². The molecule has 0 radical (unpaired) electrons. The maximum Gasteiger partial charge on any atom is 0.139 e. The zero-order chi connectivity index (χ0) is 13.8. The van der Waals surface area contributed by atoms with Crippen molar-refractivity contribution in [2.45, 2.75) is 6.10 Å². The molecule has 2 aromatic carbocycles. The Morgan fingerprint density at radius 3 is 2.47 bits per heavy atom. The van der Waals surface area contributed by atoms with Crippen LogP contribution in [0.25, 0.3) is 0 Å². The number of aliphatic hydroxyl groups excluding tert-OH is 1. The van der Waals surface area contributed by atoms with Crippen LogP contribution in [-0.4, -0.2) is 11.7 Å². The fourth-order valence-electron chi connectivity index (χ4n) is 1.57. The van der Waals surface area contributed by atoms with E-state index < -0.39 is 6.10 Å². The number of nitrogen functional groups attached to an aromatic ring is 1. The van der Waals surface area contributed by atoms with Gasteiger partial charge in [0.2, 0.25) is 0 Å². The Kier molecular flexibility index (Phi) is 4.53. The maximum absolute atomic E-state index is 9.99. The quantitative estimate of drug-likeness (QED) is 0.846. The van der Waals surface area contributed by atoms with Crippen LogP contribution in [0.15, 0.2) is 42.5 Å². The molecule has 0 saturated heterocycles. The smallest absolute Gasteiger partial charge is 0.139 e. The van der Waals surface area contributed by atoms with Gasteiger partial charge in [-0.05, 0) is 29.8 Å². The predicted molar refractivity (Wildman–Crippen MR) is 77.8 cm³/mol. The van der Waals surface area contributed by atoms with Crippen LogP contribution in [0.4, 0.5) is 5.69 Å². The lowest BCUT2D eigenvalue weighted by atomic mass is 10.1. The first kappa shape index (κ1) is 14.0. The van der Waals surface area contributed by atoms with Crippen LogP contribution in [-0.2, 0) is 0 Å². The minimum absolute atomic E-state index is 0.0873. The highest BCUT2D eigenvalue weighted by Crippen LogP contribution is 2.28. The van der Waals surface area contributed by atoms with E-state index >= 15 is 0 Å². The molecule has 0 heterocycles. The monoisotopic (exact) mass is 297 g/mol. The highest BCUT2D eigenvalue weighted by molar-refractivity contribution is 6.34. The normalized spacial score (nSPS) is 12.2. The van der Waals surface area contributed by atoms with Gasteiger partial charge in [-0.25, -0.2) is 0 Å². The number of ether oxygens (including phenoxy) is 1. The van der Waals surface area contributed by atoms with Crippen LogP contribution in [0.5, 0.6) is 5.75 Å². The summed E-state index contributed by atoms with van der Waals surface area (Å²) in [7, 11) is 0. The fraction of sp³-hybridized carbons (Fsp3) is 0.143. The van der Waals surface area contributed by atoms with Gasteiger partial charge in [0.15, 0.2) is 0 Å². The van der Waals surface area contributed by atoms with Gasteiger partial charge in [-0.15, -0.1) is 0 Å². The molecule has 3 nitrogen and oxygen atoms in total. The Bertz CT molecular complexity index is 558. The number of halogens is 2. The molecule has 1 atom stereocenters. The molecule has 0 fully saturated rings. The summed E-state index contributed by atoms with van der Waals surface area (Å²) < 4.78 is 5.47. The first-order valence-electron chi connectivity index (χ1n) is 5.67. The zero-order valence-electron chi connectivity index (χ0n) is 10.0. The van der Waals surface area contributed by atoms with E-state index in [1.807, 2.05) is 0 Å². The number of hydrogen-bond acceptors (Lipinski definition) is 3. The fourth-order valence-corrected chi connectivity index (χ4v) is 1.91. The zero-order valence-corrected chi connectivity index (χ0v) is 11.5. The minimum atomic E-state index is -0.754. The highest BCUT2D eigenvalue weighted by atomic mass is 35.5. The molecule has 2 rings (SSSR count). The van der Waals surface area contributed by atoms with E-state index in [-0.39, 0.29) is 6.61 Å². The Labute approximate surface area is 121 Å². The Balaban J connectivity index is 2.02. The molecule has 19 heavy (non-hydrogen) atoms. The van der Waals surface area contributed by atoms with Gasteiger partial charge in [-0.1, -0.05) is 35.3 Å². The van der Waals surface area contributed by atoms with Gasteiger partial charge in [0.05, 0.1) is 5.02 Å². The second-order valence-corrected chi connectivity index (χ2v) is 4.91. The van der Waals surface area contributed by atoms with E-state index in [0.29, 0.717) is 21.5 Å². The van der Waals surface area contributed by atoms with Crippen LogP contribution in [0.1, 0.15) is 11.7 Å². The second-order valence-electron chi connectivity index (χ2n) is 4.07. The molecule has 0 amide bonds. The van der Waals surface area contributed by atoms with Crippen molar-refractivity contribution in [1.29, 1.82) is 0 Å². The van der Waals surface area contributed by atoms with Crippen LogP contribution < -0.4 is 10.5 Å². The number of aliphatic hydroxyl groups is 1. The van der Waals surface area contributed by atoms with Crippen molar-refractivity contribution in [3.8, 4) is 5.75 Å². The number of rotatable bonds is 4. The second kappa shape index (κ2) is 6.15. The summed E-state index contributed by atoms with van der Waals surface area (Å²) in [6, 6.07) is 11.9. The first-order valence-corrected chi connectivity index (χ1v) is 6.43. The van der Waals surface area contributed by atoms with E-state index in [1.54, 1.807) is 42.5 Å². The standard InChI is InChI=1S/C14H13Cl2NO2/c15-10-3-6-12(16)14(7-10)19-8-13(18)9-1-4-11(17)5-2-9/h1-7,13,18H,8,17H2. The number of benzene rings is 2. The third-order valence-electron chi connectivity index (χ3n) is 2.61. The largest absolute Gasteiger partial charge is 0.489 e. The minimum Gasteiger partial charge on any atom is -0.489 e. The molecule has 100 valence electrons. The lowest BCUT2D eigenvalue weighted by molar-refractivity contribution is 0.108. The molecular formula is C14H13Cl2NO2. The molecular weight excluding hydrogens is 285 g/mol. The average molecular weight is 298 g/mol. The Morgan fingerprint density at radius 2 is 1.79 bits per heavy atom. The summed E-state index contributed by atoms with van der Waals surface area (Å²) >= 11 is 11.8. The van der Waals surface area contributed by atoms with E-state index in [4.69, 9.17) is 33.7 Å². The van der Waals surface area contributed by atoms with Crippen molar-refractivity contribution in [3.63, 3.8) is 0 Å². The third kappa shape index (κ3) is 3.77.